The number of nitrogens with one attached hydrogen (secondary N) is 2. The molecule has 5 nitrogen and oxygen atoms in total. The highest BCUT2D eigenvalue weighted by atomic mass is 32.2. The van der Waals surface area contributed by atoms with E-state index >= 15 is 0 Å². The first-order chi connectivity index (χ1) is 11.3. The molecule has 0 unspecified atom stereocenters. The number of hydrogen-bond acceptors (Lipinski definition) is 3. The maximum absolute atomic E-state index is 12.7. The fourth-order valence-corrected chi connectivity index (χ4v) is 3.90. The summed E-state index contributed by atoms with van der Waals surface area (Å²) in [7, 11) is -3.63. The molecule has 0 aliphatic carbocycles. The van der Waals surface area contributed by atoms with Crippen LogP contribution in [0.3, 0.4) is 0 Å². The van der Waals surface area contributed by atoms with Gasteiger partial charge in [-0.15, -0.1) is 0 Å². The van der Waals surface area contributed by atoms with Crippen LogP contribution < -0.4 is 4.72 Å². The topological polar surface area (TPSA) is 74.8 Å². The van der Waals surface area contributed by atoms with Crippen LogP contribution in [0.5, 0.6) is 0 Å². The summed E-state index contributed by atoms with van der Waals surface area (Å²) >= 11 is 0. The molecule has 6 heteroatoms. The first-order valence-corrected chi connectivity index (χ1v) is 9.06. The molecule has 2 N–H and O–H groups in total. The van der Waals surface area contributed by atoms with Gasteiger partial charge in [0.2, 0.25) is 0 Å². The van der Waals surface area contributed by atoms with Gasteiger partial charge in [-0.2, -0.15) is 5.10 Å². The molecule has 1 heterocycles. The fourth-order valence-electron chi connectivity index (χ4n) is 2.62. The van der Waals surface area contributed by atoms with Crippen molar-refractivity contribution in [2.24, 2.45) is 0 Å². The summed E-state index contributed by atoms with van der Waals surface area (Å²) in [6, 6.07) is 14.4. The van der Waals surface area contributed by atoms with E-state index in [2.05, 4.69) is 14.9 Å². The Bertz CT molecular complexity index is 991. The van der Waals surface area contributed by atoms with Crippen LogP contribution in [0.2, 0.25) is 0 Å². The molecule has 0 aliphatic rings. The van der Waals surface area contributed by atoms with Gasteiger partial charge in [0.05, 0.1) is 10.6 Å². The van der Waals surface area contributed by atoms with Crippen LogP contribution in [-0.4, -0.2) is 18.6 Å². The third kappa shape index (κ3) is 3.33. The number of hydrogen-bond donors (Lipinski definition) is 2. The highest BCUT2D eigenvalue weighted by Gasteiger charge is 2.17. The maximum Gasteiger partial charge on any atom is 0.262 e. The zero-order valence-corrected chi connectivity index (χ0v) is 14.6. The van der Waals surface area contributed by atoms with E-state index < -0.39 is 10.0 Å². The van der Waals surface area contributed by atoms with Crippen LogP contribution in [0.1, 0.15) is 16.8 Å². The van der Waals surface area contributed by atoms with Gasteiger partial charge in [-0.05, 0) is 50.6 Å². The zero-order valence-electron chi connectivity index (χ0n) is 13.8. The fraction of sp³-hybridized carbons (Fsp3) is 0.167. The van der Waals surface area contributed by atoms with Crippen molar-refractivity contribution in [1.29, 1.82) is 0 Å². The number of aromatic nitrogens is 2. The predicted octanol–water partition coefficient (Wildman–Crippen LogP) is 3.80. The molecule has 0 radical (unpaired) electrons. The molecular weight excluding hydrogens is 322 g/mol. The van der Waals surface area contributed by atoms with Crippen LogP contribution in [0, 0.1) is 20.8 Å². The van der Waals surface area contributed by atoms with Gasteiger partial charge >= 0.3 is 0 Å². The van der Waals surface area contributed by atoms with Crippen molar-refractivity contribution in [2.45, 2.75) is 25.7 Å². The minimum Gasteiger partial charge on any atom is -0.282 e. The van der Waals surface area contributed by atoms with Crippen molar-refractivity contribution in [3.05, 3.63) is 65.4 Å². The lowest BCUT2D eigenvalue weighted by atomic mass is 10.1. The Balaban J connectivity index is 1.93. The molecule has 0 aliphatic heterocycles. The smallest absolute Gasteiger partial charge is 0.262 e. The summed E-state index contributed by atoms with van der Waals surface area (Å²) in [6.07, 6.45) is 0. The minimum atomic E-state index is -3.63. The lowest BCUT2D eigenvalue weighted by molar-refractivity contribution is 0.600. The minimum absolute atomic E-state index is 0.286. The standard InChI is InChI=1S/C18H19N3O2S/c1-12-7-8-18(13(2)9-12)24(22,23)21-16-6-4-5-15(11-16)17-10-14(3)19-20-17/h4-11,21H,1-3H3,(H,19,20). The lowest BCUT2D eigenvalue weighted by Gasteiger charge is -2.11. The Morgan fingerprint density at radius 3 is 2.46 bits per heavy atom. The molecule has 0 atom stereocenters. The Morgan fingerprint density at radius 1 is 1.00 bits per heavy atom. The predicted molar refractivity (Wildman–Crippen MR) is 95.5 cm³/mol. The van der Waals surface area contributed by atoms with Gasteiger partial charge in [-0.25, -0.2) is 8.42 Å². The molecule has 0 saturated carbocycles. The molecule has 0 saturated heterocycles. The van der Waals surface area contributed by atoms with Gasteiger partial charge in [0.25, 0.3) is 10.0 Å². The van der Waals surface area contributed by atoms with Gasteiger partial charge in [0, 0.05) is 16.9 Å². The van der Waals surface area contributed by atoms with Gasteiger partial charge in [0.1, 0.15) is 0 Å². The molecule has 24 heavy (non-hydrogen) atoms. The number of aryl methyl sites for hydroxylation is 3. The van der Waals surface area contributed by atoms with E-state index in [1.54, 1.807) is 37.3 Å². The van der Waals surface area contributed by atoms with E-state index in [4.69, 9.17) is 0 Å². The van der Waals surface area contributed by atoms with Crippen molar-refractivity contribution in [3.8, 4) is 11.3 Å². The molecule has 0 bridgehead atoms. The monoisotopic (exact) mass is 341 g/mol. The van der Waals surface area contributed by atoms with Crippen LogP contribution in [0.15, 0.2) is 53.4 Å². The van der Waals surface area contributed by atoms with Gasteiger partial charge in [-0.3, -0.25) is 9.82 Å². The van der Waals surface area contributed by atoms with Crippen LogP contribution >= 0.6 is 0 Å². The van der Waals surface area contributed by atoms with E-state index in [9.17, 15) is 8.42 Å². The number of anilines is 1. The molecular formula is C18H19N3O2S. The van der Waals surface area contributed by atoms with Crippen molar-refractivity contribution in [3.63, 3.8) is 0 Å². The Kier molecular flexibility index (Phi) is 4.15. The molecule has 2 aromatic carbocycles. The van der Waals surface area contributed by atoms with E-state index in [-0.39, 0.29) is 4.90 Å². The lowest BCUT2D eigenvalue weighted by Crippen LogP contribution is -2.14. The summed E-state index contributed by atoms with van der Waals surface area (Å²) in [5.41, 5.74) is 4.84. The molecule has 124 valence electrons. The Hall–Kier alpha value is -2.60. The number of sulfonamides is 1. The van der Waals surface area contributed by atoms with Crippen LogP contribution in [-0.2, 0) is 10.0 Å². The largest absolute Gasteiger partial charge is 0.282 e. The van der Waals surface area contributed by atoms with Crippen molar-refractivity contribution >= 4 is 15.7 Å². The third-order valence-electron chi connectivity index (χ3n) is 3.74. The van der Waals surface area contributed by atoms with Gasteiger partial charge in [-0.1, -0.05) is 29.8 Å². The maximum atomic E-state index is 12.7. The second-order valence-corrected chi connectivity index (χ2v) is 7.54. The van der Waals surface area contributed by atoms with Gasteiger partial charge < -0.3 is 0 Å². The number of H-pyrrole nitrogens is 1. The van der Waals surface area contributed by atoms with Crippen molar-refractivity contribution in [2.75, 3.05) is 4.72 Å². The Morgan fingerprint density at radius 2 is 1.79 bits per heavy atom. The van der Waals surface area contributed by atoms with Crippen LogP contribution in [0.4, 0.5) is 5.69 Å². The SMILES string of the molecule is Cc1ccc(S(=O)(=O)Nc2cccc(-c3cc(C)[nH]n3)c2)c(C)c1. The average Bonchev–Trinajstić information content (AvgIpc) is 2.93. The number of rotatable bonds is 4. The highest BCUT2D eigenvalue weighted by molar-refractivity contribution is 7.92. The highest BCUT2D eigenvalue weighted by Crippen LogP contribution is 2.24. The second-order valence-electron chi connectivity index (χ2n) is 5.89. The molecule has 3 rings (SSSR count). The van der Waals surface area contributed by atoms with Crippen LogP contribution in [0.25, 0.3) is 11.3 Å². The summed E-state index contributed by atoms with van der Waals surface area (Å²) in [4.78, 5) is 0.286. The number of aromatic amines is 1. The quantitative estimate of drug-likeness (QED) is 0.758. The summed E-state index contributed by atoms with van der Waals surface area (Å²) in [5, 5.41) is 7.09. The first kappa shape index (κ1) is 16.3. The van der Waals surface area contributed by atoms with Crippen molar-refractivity contribution in [1.82, 2.24) is 10.2 Å². The van der Waals surface area contributed by atoms with E-state index in [1.807, 2.05) is 32.0 Å². The number of benzene rings is 2. The van der Waals surface area contributed by atoms with Gasteiger partial charge in [0.15, 0.2) is 0 Å². The summed E-state index contributed by atoms with van der Waals surface area (Å²) in [6.45, 7) is 5.65. The molecule has 0 fully saturated rings. The molecule has 0 amide bonds. The second kappa shape index (κ2) is 6.13. The van der Waals surface area contributed by atoms with E-state index in [0.29, 0.717) is 5.69 Å². The number of nitrogens with zero attached hydrogens (tertiary/aromatic N) is 1. The normalized spacial score (nSPS) is 11.5. The Labute approximate surface area is 141 Å². The third-order valence-corrected chi connectivity index (χ3v) is 5.28. The zero-order chi connectivity index (χ0) is 17.3. The average molecular weight is 341 g/mol. The summed E-state index contributed by atoms with van der Waals surface area (Å²) in [5.74, 6) is 0. The van der Waals surface area contributed by atoms with Crippen molar-refractivity contribution < 1.29 is 8.42 Å². The molecule has 1 aromatic heterocycles. The van der Waals surface area contributed by atoms with E-state index in [1.165, 1.54) is 0 Å². The molecule has 3 aromatic rings. The summed E-state index contributed by atoms with van der Waals surface area (Å²) < 4.78 is 28.0. The molecule has 0 spiro atoms. The van der Waals surface area contributed by atoms with E-state index in [0.717, 1.165) is 28.1 Å². The first-order valence-electron chi connectivity index (χ1n) is 7.58.